The number of halogens is 1. The summed E-state index contributed by atoms with van der Waals surface area (Å²) in [5.41, 5.74) is 0.0432. The summed E-state index contributed by atoms with van der Waals surface area (Å²) >= 11 is 3.50. The Labute approximate surface area is 99.6 Å². The molecule has 0 N–H and O–H groups in total. The standard InChI is InChI=1S/C11H17BrN2O/c1-11(2,8-12)14(3)10-6-5-9(15-4)7-13-10/h5-7H,8H2,1-4H3. The molecule has 0 atom stereocenters. The van der Waals surface area contributed by atoms with Crippen LogP contribution in [0.3, 0.4) is 0 Å². The van der Waals surface area contributed by atoms with Gasteiger partial charge in [-0.1, -0.05) is 15.9 Å². The smallest absolute Gasteiger partial charge is 0.137 e. The van der Waals surface area contributed by atoms with Gasteiger partial charge in [0.25, 0.3) is 0 Å². The lowest BCUT2D eigenvalue weighted by Crippen LogP contribution is -2.43. The van der Waals surface area contributed by atoms with Gasteiger partial charge in [0.15, 0.2) is 0 Å². The number of hydrogen-bond donors (Lipinski definition) is 0. The molecule has 1 aromatic heterocycles. The van der Waals surface area contributed by atoms with Gasteiger partial charge in [-0.15, -0.1) is 0 Å². The first-order valence-corrected chi connectivity index (χ1v) is 5.93. The number of aromatic nitrogens is 1. The highest BCUT2D eigenvalue weighted by atomic mass is 79.9. The molecule has 4 heteroatoms. The minimum Gasteiger partial charge on any atom is -0.495 e. The van der Waals surface area contributed by atoms with Gasteiger partial charge < -0.3 is 9.64 Å². The Balaban J connectivity index is 2.87. The van der Waals surface area contributed by atoms with Crippen LogP contribution < -0.4 is 9.64 Å². The van der Waals surface area contributed by atoms with Gasteiger partial charge >= 0.3 is 0 Å². The number of rotatable bonds is 4. The van der Waals surface area contributed by atoms with E-state index in [0.29, 0.717) is 0 Å². The summed E-state index contributed by atoms with van der Waals surface area (Å²) in [5, 5.41) is 0.893. The summed E-state index contributed by atoms with van der Waals surface area (Å²) in [6, 6.07) is 3.88. The number of alkyl halides is 1. The summed E-state index contributed by atoms with van der Waals surface area (Å²) < 4.78 is 5.07. The summed E-state index contributed by atoms with van der Waals surface area (Å²) in [6.45, 7) is 4.32. The van der Waals surface area contributed by atoms with Crippen molar-refractivity contribution in [1.82, 2.24) is 4.98 Å². The topological polar surface area (TPSA) is 25.4 Å². The van der Waals surface area contributed by atoms with Crippen LogP contribution in [-0.4, -0.2) is 30.0 Å². The molecular formula is C11H17BrN2O. The van der Waals surface area contributed by atoms with E-state index in [1.54, 1.807) is 13.3 Å². The maximum Gasteiger partial charge on any atom is 0.137 e. The lowest BCUT2D eigenvalue weighted by Gasteiger charge is -2.35. The molecule has 0 spiro atoms. The van der Waals surface area contributed by atoms with Crippen LogP contribution in [0.25, 0.3) is 0 Å². The van der Waals surface area contributed by atoms with E-state index in [1.807, 2.05) is 19.2 Å². The summed E-state index contributed by atoms with van der Waals surface area (Å²) in [6.07, 6.45) is 1.73. The van der Waals surface area contributed by atoms with E-state index in [-0.39, 0.29) is 5.54 Å². The highest BCUT2D eigenvalue weighted by Crippen LogP contribution is 2.23. The average Bonchev–Trinajstić information content (AvgIpc) is 2.28. The van der Waals surface area contributed by atoms with Crippen LogP contribution in [0.4, 0.5) is 5.82 Å². The summed E-state index contributed by atoms with van der Waals surface area (Å²) in [7, 11) is 3.68. The lowest BCUT2D eigenvalue weighted by molar-refractivity contribution is 0.412. The van der Waals surface area contributed by atoms with E-state index in [2.05, 4.69) is 39.7 Å². The van der Waals surface area contributed by atoms with Crippen molar-refractivity contribution in [2.24, 2.45) is 0 Å². The van der Waals surface area contributed by atoms with E-state index in [0.717, 1.165) is 16.9 Å². The highest BCUT2D eigenvalue weighted by molar-refractivity contribution is 9.09. The minimum absolute atomic E-state index is 0.0432. The molecule has 84 valence electrons. The van der Waals surface area contributed by atoms with Crippen molar-refractivity contribution in [2.45, 2.75) is 19.4 Å². The number of nitrogens with zero attached hydrogens (tertiary/aromatic N) is 2. The van der Waals surface area contributed by atoms with Crippen molar-refractivity contribution in [3.8, 4) is 5.75 Å². The third-order valence-electron chi connectivity index (χ3n) is 2.54. The normalized spacial score (nSPS) is 11.3. The fourth-order valence-corrected chi connectivity index (χ4v) is 1.47. The van der Waals surface area contributed by atoms with Crippen LogP contribution >= 0.6 is 15.9 Å². The summed E-state index contributed by atoms with van der Waals surface area (Å²) in [4.78, 5) is 6.48. The molecule has 0 aromatic carbocycles. The number of methoxy groups -OCH3 is 1. The predicted molar refractivity (Wildman–Crippen MR) is 67.1 cm³/mol. The second-order valence-corrected chi connectivity index (χ2v) is 4.62. The van der Waals surface area contributed by atoms with Crippen molar-refractivity contribution in [1.29, 1.82) is 0 Å². The van der Waals surface area contributed by atoms with Crippen molar-refractivity contribution >= 4 is 21.7 Å². The fraction of sp³-hybridized carbons (Fsp3) is 0.545. The number of hydrogen-bond acceptors (Lipinski definition) is 3. The molecule has 0 unspecified atom stereocenters. The van der Waals surface area contributed by atoms with Crippen LogP contribution in [0, 0.1) is 0 Å². The van der Waals surface area contributed by atoms with Crippen LogP contribution in [0.5, 0.6) is 5.75 Å². The van der Waals surface area contributed by atoms with E-state index in [9.17, 15) is 0 Å². The van der Waals surface area contributed by atoms with Gasteiger partial charge in [0.2, 0.25) is 0 Å². The van der Waals surface area contributed by atoms with Gasteiger partial charge in [-0.3, -0.25) is 0 Å². The van der Waals surface area contributed by atoms with Gasteiger partial charge in [-0.25, -0.2) is 4.98 Å². The van der Waals surface area contributed by atoms with Crippen LogP contribution in [-0.2, 0) is 0 Å². The van der Waals surface area contributed by atoms with E-state index < -0.39 is 0 Å². The molecule has 3 nitrogen and oxygen atoms in total. The third kappa shape index (κ3) is 2.84. The second-order valence-electron chi connectivity index (χ2n) is 4.06. The Bertz CT molecular complexity index is 311. The SMILES string of the molecule is COc1ccc(N(C)C(C)(C)CBr)nc1. The maximum atomic E-state index is 5.07. The lowest BCUT2D eigenvalue weighted by atomic mass is 10.1. The van der Waals surface area contributed by atoms with Crippen molar-refractivity contribution in [3.05, 3.63) is 18.3 Å². The van der Waals surface area contributed by atoms with E-state index >= 15 is 0 Å². The van der Waals surface area contributed by atoms with Gasteiger partial charge in [0.1, 0.15) is 11.6 Å². The van der Waals surface area contributed by atoms with Gasteiger partial charge in [-0.05, 0) is 26.0 Å². The monoisotopic (exact) mass is 272 g/mol. The quantitative estimate of drug-likeness (QED) is 0.789. The highest BCUT2D eigenvalue weighted by Gasteiger charge is 2.22. The first-order chi connectivity index (χ1) is 7.01. The van der Waals surface area contributed by atoms with Crippen LogP contribution in [0.1, 0.15) is 13.8 Å². The van der Waals surface area contributed by atoms with Crippen molar-refractivity contribution in [3.63, 3.8) is 0 Å². The summed E-state index contributed by atoms with van der Waals surface area (Å²) in [5.74, 6) is 1.73. The molecule has 0 amide bonds. The molecule has 0 aliphatic heterocycles. The van der Waals surface area contributed by atoms with E-state index in [4.69, 9.17) is 4.74 Å². The Morgan fingerprint density at radius 2 is 2.13 bits per heavy atom. The van der Waals surface area contributed by atoms with Crippen LogP contribution in [0.15, 0.2) is 18.3 Å². The van der Waals surface area contributed by atoms with Crippen molar-refractivity contribution in [2.75, 3.05) is 24.4 Å². The zero-order valence-corrected chi connectivity index (χ0v) is 11.2. The molecule has 0 aliphatic rings. The van der Waals surface area contributed by atoms with Crippen LogP contribution in [0.2, 0.25) is 0 Å². The number of pyridine rings is 1. The van der Waals surface area contributed by atoms with Gasteiger partial charge in [-0.2, -0.15) is 0 Å². The number of anilines is 1. The zero-order valence-electron chi connectivity index (χ0n) is 9.62. The first-order valence-electron chi connectivity index (χ1n) is 4.81. The first kappa shape index (κ1) is 12.3. The molecule has 0 fully saturated rings. The number of ether oxygens (including phenoxy) is 1. The van der Waals surface area contributed by atoms with Gasteiger partial charge in [0.05, 0.1) is 13.3 Å². The largest absolute Gasteiger partial charge is 0.495 e. The molecule has 0 radical (unpaired) electrons. The molecule has 0 saturated heterocycles. The molecule has 0 aliphatic carbocycles. The molecule has 1 rings (SSSR count). The molecule has 0 bridgehead atoms. The average molecular weight is 273 g/mol. The Hall–Kier alpha value is -0.770. The van der Waals surface area contributed by atoms with Crippen molar-refractivity contribution < 1.29 is 4.74 Å². The van der Waals surface area contributed by atoms with E-state index in [1.165, 1.54) is 0 Å². The molecule has 1 aromatic rings. The maximum absolute atomic E-state index is 5.07. The fourth-order valence-electron chi connectivity index (χ4n) is 1.09. The minimum atomic E-state index is 0.0432. The molecular weight excluding hydrogens is 256 g/mol. The Kier molecular flexibility index (Phi) is 3.97. The Morgan fingerprint density at radius 3 is 2.53 bits per heavy atom. The predicted octanol–water partition coefficient (Wildman–Crippen LogP) is 2.70. The van der Waals surface area contributed by atoms with Gasteiger partial charge in [0, 0.05) is 17.9 Å². The molecule has 0 saturated carbocycles. The molecule has 1 heterocycles. The Morgan fingerprint density at radius 1 is 1.47 bits per heavy atom. The molecule has 15 heavy (non-hydrogen) atoms. The zero-order chi connectivity index (χ0) is 11.5. The second kappa shape index (κ2) is 4.84. The third-order valence-corrected chi connectivity index (χ3v) is 3.91.